The second-order valence-corrected chi connectivity index (χ2v) is 9.25. The number of phenols is 1. The summed E-state index contributed by atoms with van der Waals surface area (Å²) < 4.78 is 11.2. The number of aromatic nitrogens is 2. The van der Waals surface area contributed by atoms with Crippen molar-refractivity contribution in [3.8, 4) is 28.4 Å². The van der Waals surface area contributed by atoms with Gasteiger partial charge in [0.1, 0.15) is 17.1 Å². The molecule has 0 bridgehead atoms. The Balaban J connectivity index is 1.31. The molecule has 3 N–H and O–H groups in total. The van der Waals surface area contributed by atoms with Gasteiger partial charge in [-0.1, -0.05) is 6.07 Å². The van der Waals surface area contributed by atoms with Gasteiger partial charge in [-0.15, -0.1) is 0 Å². The minimum Gasteiger partial charge on any atom is -0.504 e. The number of hydrogen-bond donors (Lipinski definition) is 3. The summed E-state index contributed by atoms with van der Waals surface area (Å²) in [5, 5.41) is 22.5. The van der Waals surface area contributed by atoms with Crippen LogP contribution in [0.4, 0.5) is 17.3 Å². The summed E-state index contributed by atoms with van der Waals surface area (Å²) in [6.07, 6.45) is 3.97. The molecule has 0 fully saturated rings. The molecule has 0 unspecified atom stereocenters. The number of benzene rings is 2. The summed E-state index contributed by atoms with van der Waals surface area (Å²) in [6.45, 7) is 4.84. The number of hydrogen-bond acceptors (Lipinski definition) is 8. The van der Waals surface area contributed by atoms with Gasteiger partial charge in [-0.05, 0) is 78.6 Å². The first kappa shape index (κ1) is 26.5. The van der Waals surface area contributed by atoms with Gasteiger partial charge < -0.3 is 29.9 Å². The molecule has 4 aromatic rings. The number of fused-ring (bicyclic) bond motifs is 2. The van der Waals surface area contributed by atoms with Gasteiger partial charge in [0.15, 0.2) is 17.3 Å². The van der Waals surface area contributed by atoms with E-state index >= 15 is 0 Å². The molecule has 3 heterocycles. The molecule has 1 amide bonds. The standard InChI is InChI=1S/C30H28N4O6/c1-4-34-27-22(29(36)33-23-6-5-10-31-28(23)34)13-18(16-32-27)9-11-40-24-8-7-19(12-17(24)2)20-14-21(30(37)38)26(35)25(15-20)39-3/h5-8,10,12-16,35H,4,9,11H2,1-3H3,(H,33,36)(H,37,38). The van der Waals surface area contributed by atoms with Crippen LogP contribution in [0.5, 0.6) is 17.2 Å². The Hall–Kier alpha value is -5.12. The number of aromatic carboxylic acids is 1. The third-order valence-corrected chi connectivity index (χ3v) is 6.71. The predicted molar refractivity (Wildman–Crippen MR) is 150 cm³/mol. The number of anilines is 3. The molecule has 0 saturated carbocycles. The van der Waals surface area contributed by atoms with Gasteiger partial charge in [0.2, 0.25) is 0 Å². The summed E-state index contributed by atoms with van der Waals surface area (Å²) in [6, 6.07) is 14.0. The highest BCUT2D eigenvalue weighted by Crippen LogP contribution is 2.37. The maximum atomic E-state index is 13.0. The first-order valence-corrected chi connectivity index (χ1v) is 12.7. The Morgan fingerprint density at radius 1 is 1.05 bits per heavy atom. The van der Waals surface area contributed by atoms with Crippen LogP contribution in [0.2, 0.25) is 0 Å². The summed E-state index contributed by atoms with van der Waals surface area (Å²) in [7, 11) is 1.37. The number of ether oxygens (including phenoxy) is 2. The fourth-order valence-electron chi connectivity index (χ4n) is 4.68. The van der Waals surface area contributed by atoms with Gasteiger partial charge in [0, 0.05) is 25.4 Å². The van der Waals surface area contributed by atoms with E-state index in [4.69, 9.17) is 9.47 Å². The van der Waals surface area contributed by atoms with Crippen molar-refractivity contribution in [1.29, 1.82) is 0 Å². The van der Waals surface area contributed by atoms with E-state index in [1.165, 1.54) is 13.2 Å². The number of carbonyl (C=O) groups is 2. The van der Waals surface area contributed by atoms with E-state index in [0.717, 1.165) is 16.7 Å². The summed E-state index contributed by atoms with van der Waals surface area (Å²) in [5.41, 5.74) is 3.93. The molecule has 5 rings (SSSR count). The Bertz CT molecular complexity index is 1620. The number of carboxylic acid groups (broad SMARTS) is 1. The lowest BCUT2D eigenvalue weighted by Crippen LogP contribution is -2.20. The number of pyridine rings is 2. The molecule has 10 heteroatoms. The topological polar surface area (TPSA) is 134 Å². The van der Waals surface area contributed by atoms with Crippen molar-refractivity contribution in [2.45, 2.75) is 20.3 Å². The lowest BCUT2D eigenvalue weighted by Gasteiger charge is -2.21. The SMILES string of the molecule is CCN1c2ncccc2NC(=O)c2cc(CCOc3ccc(-c4cc(OC)c(O)c(C(=O)O)c4)cc3C)cnc21. The molecule has 0 radical (unpaired) electrons. The quantitative estimate of drug-likeness (QED) is 0.275. The normalized spacial score (nSPS) is 12.2. The van der Waals surface area contributed by atoms with Crippen LogP contribution >= 0.6 is 0 Å². The first-order valence-electron chi connectivity index (χ1n) is 12.7. The Kier molecular flexibility index (Phi) is 7.24. The van der Waals surface area contributed by atoms with E-state index in [1.54, 1.807) is 24.5 Å². The van der Waals surface area contributed by atoms with Crippen LogP contribution in [0, 0.1) is 6.92 Å². The first-order chi connectivity index (χ1) is 19.3. The van der Waals surface area contributed by atoms with Crippen LogP contribution in [-0.4, -0.2) is 52.3 Å². The molecular weight excluding hydrogens is 512 g/mol. The number of carbonyl (C=O) groups excluding carboxylic acids is 1. The molecule has 0 spiro atoms. The zero-order valence-electron chi connectivity index (χ0n) is 22.3. The number of aromatic hydroxyl groups is 1. The zero-order chi connectivity index (χ0) is 28.4. The maximum Gasteiger partial charge on any atom is 0.339 e. The fourth-order valence-corrected chi connectivity index (χ4v) is 4.68. The van der Waals surface area contributed by atoms with E-state index in [0.29, 0.717) is 53.8 Å². The molecule has 204 valence electrons. The summed E-state index contributed by atoms with van der Waals surface area (Å²) in [5.74, 6) is 0.0746. The van der Waals surface area contributed by atoms with Gasteiger partial charge in [-0.25, -0.2) is 14.8 Å². The summed E-state index contributed by atoms with van der Waals surface area (Å²) in [4.78, 5) is 35.5. The molecule has 1 aliphatic heterocycles. The van der Waals surface area contributed by atoms with Crippen molar-refractivity contribution in [2.75, 3.05) is 30.5 Å². The number of aryl methyl sites for hydroxylation is 1. The molecular formula is C30H28N4O6. The van der Waals surface area contributed by atoms with Gasteiger partial charge in [0.25, 0.3) is 5.91 Å². The largest absolute Gasteiger partial charge is 0.504 e. The fraction of sp³-hybridized carbons (Fsp3) is 0.200. The van der Waals surface area contributed by atoms with Crippen LogP contribution in [-0.2, 0) is 6.42 Å². The third-order valence-electron chi connectivity index (χ3n) is 6.71. The van der Waals surface area contributed by atoms with Crippen LogP contribution in [0.1, 0.15) is 38.8 Å². The molecule has 10 nitrogen and oxygen atoms in total. The van der Waals surface area contributed by atoms with E-state index in [1.807, 2.05) is 49.1 Å². The summed E-state index contributed by atoms with van der Waals surface area (Å²) >= 11 is 0. The molecule has 0 saturated heterocycles. The van der Waals surface area contributed by atoms with Gasteiger partial charge in [-0.2, -0.15) is 0 Å². The van der Waals surface area contributed by atoms with E-state index < -0.39 is 11.7 Å². The monoisotopic (exact) mass is 540 g/mol. The average molecular weight is 541 g/mol. The van der Waals surface area contributed by atoms with Crippen molar-refractivity contribution in [3.05, 3.63) is 83.2 Å². The number of rotatable bonds is 8. The predicted octanol–water partition coefficient (Wildman–Crippen LogP) is 5.21. The Morgan fingerprint density at radius 2 is 1.88 bits per heavy atom. The number of carboxylic acids is 1. The van der Waals surface area contributed by atoms with Gasteiger partial charge in [0.05, 0.1) is 25.0 Å². The number of methoxy groups -OCH3 is 1. The second kappa shape index (κ2) is 10.9. The molecule has 2 aromatic carbocycles. The maximum absolute atomic E-state index is 13.0. The molecule has 2 aromatic heterocycles. The number of nitrogens with zero attached hydrogens (tertiary/aromatic N) is 3. The zero-order valence-corrected chi connectivity index (χ0v) is 22.3. The lowest BCUT2D eigenvalue weighted by atomic mass is 9.99. The van der Waals surface area contributed by atoms with E-state index in [-0.39, 0.29) is 17.2 Å². The van der Waals surface area contributed by atoms with Crippen molar-refractivity contribution < 1.29 is 29.3 Å². The number of nitrogens with one attached hydrogen (secondary N) is 1. The minimum atomic E-state index is -1.25. The van der Waals surface area contributed by atoms with Crippen molar-refractivity contribution in [1.82, 2.24) is 9.97 Å². The average Bonchev–Trinajstić information content (AvgIpc) is 3.07. The van der Waals surface area contributed by atoms with Crippen LogP contribution < -0.4 is 19.7 Å². The van der Waals surface area contributed by atoms with Gasteiger partial charge in [-0.3, -0.25) is 4.79 Å². The molecule has 0 atom stereocenters. The second-order valence-electron chi connectivity index (χ2n) is 9.25. The minimum absolute atomic E-state index is 0.0816. The van der Waals surface area contributed by atoms with Crippen LogP contribution in [0.25, 0.3) is 11.1 Å². The lowest BCUT2D eigenvalue weighted by molar-refractivity contribution is 0.0692. The molecule has 0 aliphatic carbocycles. The van der Waals surface area contributed by atoms with Crippen molar-refractivity contribution >= 4 is 29.2 Å². The van der Waals surface area contributed by atoms with E-state index in [9.17, 15) is 19.8 Å². The Labute approximate surface area is 230 Å². The smallest absolute Gasteiger partial charge is 0.339 e. The highest BCUT2D eigenvalue weighted by atomic mass is 16.5. The van der Waals surface area contributed by atoms with Gasteiger partial charge >= 0.3 is 5.97 Å². The Morgan fingerprint density at radius 3 is 2.60 bits per heavy atom. The highest BCUT2D eigenvalue weighted by Gasteiger charge is 2.26. The van der Waals surface area contributed by atoms with Crippen molar-refractivity contribution in [2.24, 2.45) is 0 Å². The molecule has 40 heavy (non-hydrogen) atoms. The number of amides is 1. The van der Waals surface area contributed by atoms with E-state index in [2.05, 4.69) is 15.3 Å². The highest BCUT2D eigenvalue weighted by molar-refractivity contribution is 6.11. The molecule has 1 aliphatic rings. The van der Waals surface area contributed by atoms with Crippen LogP contribution in [0.3, 0.4) is 0 Å². The van der Waals surface area contributed by atoms with Crippen molar-refractivity contribution in [3.63, 3.8) is 0 Å². The third kappa shape index (κ3) is 4.98. The van der Waals surface area contributed by atoms with Crippen LogP contribution in [0.15, 0.2) is 60.9 Å².